The van der Waals surface area contributed by atoms with Crippen LogP contribution in [0.2, 0.25) is 10.0 Å². The van der Waals surface area contributed by atoms with Crippen molar-refractivity contribution in [1.29, 1.82) is 0 Å². The molecule has 0 amide bonds. The van der Waals surface area contributed by atoms with Crippen molar-refractivity contribution in [2.45, 2.75) is 31.3 Å². The molecule has 1 fully saturated rings. The molecule has 1 aromatic heterocycles. The number of aromatic nitrogens is 2. The normalized spacial score (nSPS) is 20.5. The highest BCUT2D eigenvalue weighted by molar-refractivity contribution is 6.33. The largest absolute Gasteiger partial charge is 0.368 e. The standard InChI is InChI=1S/C15H17Cl2N5/c16-10-1-2-12(17)9(3-10)7-20-14-6-13(21-15(19)22-14)8-4-11(18)5-8/h1-3,6,8,11H,4-5,7,18H2,(H3,19,20,21,22). The number of nitrogens with one attached hydrogen (secondary N) is 1. The molecule has 0 bridgehead atoms. The first kappa shape index (κ1) is 15.3. The van der Waals surface area contributed by atoms with E-state index in [4.69, 9.17) is 34.7 Å². The molecule has 0 atom stereocenters. The quantitative estimate of drug-likeness (QED) is 0.797. The second-order valence-electron chi connectivity index (χ2n) is 5.55. The van der Waals surface area contributed by atoms with Gasteiger partial charge < -0.3 is 16.8 Å². The molecule has 0 unspecified atom stereocenters. The summed E-state index contributed by atoms with van der Waals surface area (Å²) in [6.07, 6.45) is 1.88. The van der Waals surface area contributed by atoms with Crippen molar-refractivity contribution < 1.29 is 0 Å². The molecule has 0 aliphatic heterocycles. The van der Waals surface area contributed by atoms with E-state index in [0.29, 0.717) is 28.3 Å². The molecule has 1 saturated carbocycles. The molecule has 22 heavy (non-hydrogen) atoms. The van der Waals surface area contributed by atoms with Gasteiger partial charge >= 0.3 is 0 Å². The van der Waals surface area contributed by atoms with Crippen LogP contribution in [0.1, 0.15) is 30.0 Å². The zero-order chi connectivity index (χ0) is 15.7. The Balaban J connectivity index is 1.73. The van der Waals surface area contributed by atoms with Gasteiger partial charge in [0.1, 0.15) is 5.82 Å². The van der Waals surface area contributed by atoms with Crippen LogP contribution in [0.15, 0.2) is 24.3 Å². The average molecular weight is 338 g/mol. The first-order chi connectivity index (χ1) is 10.5. The number of rotatable bonds is 4. The van der Waals surface area contributed by atoms with E-state index in [1.54, 1.807) is 12.1 Å². The van der Waals surface area contributed by atoms with Crippen LogP contribution in [0.3, 0.4) is 0 Å². The summed E-state index contributed by atoms with van der Waals surface area (Å²) in [6.45, 7) is 0.513. The third-order valence-corrected chi connectivity index (χ3v) is 4.43. The third-order valence-electron chi connectivity index (χ3n) is 3.82. The van der Waals surface area contributed by atoms with Crippen molar-refractivity contribution >= 4 is 35.0 Å². The number of anilines is 2. The molecular weight excluding hydrogens is 321 g/mol. The smallest absolute Gasteiger partial charge is 0.222 e. The van der Waals surface area contributed by atoms with E-state index in [9.17, 15) is 0 Å². The number of nitrogen functional groups attached to an aromatic ring is 1. The van der Waals surface area contributed by atoms with Crippen molar-refractivity contribution in [3.63, 3.8) is 0 Å². The van der Waals surface area contributed by atoms with E-state index in [1.807, 2.05) is 12.1 Å². The number of nitrogens with two attached hydrogens (primary N) is 2. The maximum absolute atomic E-state index is 6.15. The molecule has 1 aromatic carbocycles. The fourth-order valence-corrected chi connectivity index (χ4v) is 2.93. The van der Waals surface area contributed by atoms with Gasteiger partial charge in [0.05, 0.1) is 5.69 Å². The van der Waals surface area contributed by atoms with Crippen molar-refractivity contribution in [2.75, 3.05) is 11.1 Å². The SMILES string of the molecule is Nc1nc(NCc2cc(Cl)ccc2Cl)cc(C2CC(N)C2)n1. The van der Waals surface area contributed by atoms with Gasteiger partial charge in [0, 0.05) is 34.6 Å². The van der Waals surface area contributed by atoms with E-state index < -0.39 is 0 Å². The lowest BCUT2D eigenvalue weighted by molar-refractivity contribution is 0.345. The molecule has 0 saturated heterocycles. The lowest BCUT2D eigenvalue weighted by Crippen LogP contribution is -2.35. The Labute approximate surface area is 139 Å². The number of hydrogen-bond acceptors (Lipinski definition) is 5. The predicted molar refractivity (Wildman–Crippen MR) is 90.2 cm³/mol. The zero-order valence-electron chi connectivity index (χ0n) is 11.9. The molecule has 0 spiro atoms. The van der Waals surface area contributed by atoms with Crippen molar-refractivity contribution in [3.8, 4) is 0 Å². The second kappa shape index (κ2) is 6.28. The zero-order valence-corrected chi connectivity index (χ0v) is 13.4. The molecule has 2 aromatic rings. The van der Waals surface area contributed by atoms with Crippen molar-refractivity contribution in [3.05, 3.63) is 45.6 Å². The molecule has 7 heteroatoms. The van der Waals surface area contributed by atoms with Crippen molar-refractivity contribution in [2.24, 2.45) is 5.73 Å². The number of benzene rings is 1. The molecule has 1 heterocycles. The summed E-state index contributed by atoms with van der Waals surface area (Å²) in [6, 6.07) is 7.55. The lowest BCUT2D eigenvalue weighted by Gasteiger charge is -2.32. The van der Waals surface area contributed by atoms with Crippen LogP contribution in [0, 0.1) is 0 Å². The molecule has 1 aliphatic carbocycles. The molecule has 3 rings (SSSR count). The van der Waals surface area contributed by atoms with Crippen LogP contribution >= 0.6 is 23.2 Å². The van der Waals surface area contributed by atoms with Gasteiger partial charge in [0.25, 0.3) is 0 Å². The summed E-state index contributed by atoms with van der Waals surface area (Å²) in [7, 11) is 0. The Morgan fingerprint density at radius 2 is 1.95 bits per heavy atom. The van der Waals surface area contributed by atoms with Crippen LogP contribution in [0.25, 0.3) is 0 Å². The fraction of sp³-hybridized carbons (Fsp3) is 0.333. The minimum absolute atomic E-state index is 0.262. The van der Waals surface area contributed by atoms with Crippen LogP contribution in [-0.2, 0) is 6.54 Å². The topological polar surface area (TPSA) is 89.8 Å². The summed E-state index contributed by atoms with van der Waals surface area (Å²) in [5.74, 6) is 1.31. The molecule has 5 nitrogen and oxygen atoms in total. The van der Waals surface area contributed by atoms with Crippen LogP contribution < -0.4 is 16.8 Å². The van der Waals surface area contributed by atoms with E-state index in [0.717, 1.165) is 24.1 Å². The van der Waals surface area contributed by atoms with E-state index in [-0.39, 0.29) is 12.0 Å². The van der Waals surface area contributed by atoms with E-state index in [2.05, 4.69) is 15.3 Å². The summed E-state index contributed by atoms with van der Waals surface area (Å²) in [5, 5.41) is 4.52. The van der Waals surface area contributed by atoms with Crippen molar-refractivity contribution in [1.82, 2.24) is 9.97 Å². The lowest BCUT2D eigenvalue weighted by atomic mass is 9.78. The number of halogens is 2. The van der Waals surface area contributed by atoms with Gasteiger partial charge in [-0.25, -0.2) is 4.98 Å². The minimum Gasteiger partial charge on any atom is -0.368 e. The highest BCUT2D eigenvalue weighted by Gasteiger charge is 2.29. The van der Waals surface area contributed by atoms with E-state index in [1.165, 1.54) is 0 Å². The molecule has 1 aliphatic rings. The Morgan fingerprint density at radius 3 is 2.68 bits per heavy atom. The van der Waals surface area contributed by atoms with Gasteiger partial charge in [0.15, 0.2) is 0 Å². The molecular formula is C15H17Cl2N5. The number of hydrogen-bond donors (Lipinski definition) is 3. The maximum Gasteiger partial charge on any atom is 0.222 e. The van der Waals surface area contributed by atoms with Gasteiger partial charge in [-0.1, -0.05) is 23.2 Å². The molecule has 5 N–H and O–H groups in total. The highest BCUT2D eigenvalue weighted by atomic mass is 35.5. The highest BCUT2D eigenvalue weighted by Crippen LogP contribution is 2.35. The average Bonchev–Trinajstić information content (AvgIpc) is 2.44. The second-order valence-corrected chi connectivity index (χ2v) is 6.40. The summed E-state index contributed by atoms with van der Waals surface area (Å²) in [4.78, 5) is 8.51. The minimum atomic E-state index is 0.262. The first-order valence-corrected chi connectivity index (χ1v) is 7.84. The maximum atomic E-state index is 6.15. The van der Waals surface area contributed by atoms with Crippen LogP contribution in [0.5, 0.6) is 0 Å². The van der Waals surface area contributed by atoms with Gasteiger partial charge in [-0.15, -0.1) is 0 Å². The Morgan fingerprint density at radius 1 is 1.18 bits per heavy atom. The van der Waals surface area contributed by atoms with Gasteiger partial charge in [0.2, 0.25) is 5.95 Å². The third kappa shape index (κ3) is 3.43. The molecule has 116 valence electrons. The summed E-state index contributed by atoms with van der Waals surface area (Å²) in [5.41, 5.74) is 13.5. The monoisotopic (exact) mass is 337 g/mol. The predicted octanol–water partition coefficient (Wildman–Crippen LogP) is 3.18. The van der Waals surface area contributed by atoms with E-state index >= 15 is 0 Å². The Bertz CT molecular complexity index is 686. The van der Waals surface area contributed by atoms with Gasteiger partial charge in [-0.05, 0) is 36.6 Å². The summed E-state index contributed by atoms with van der Waals surface area (Å²) < 4.78 is 0. The Kier molecular flexibility index (Phi) is 4.38. The van der Waals surface area contributed by atoms with Gasteiger partial charge in [-0.2, -0.15) is 4.98 Å². The number of nitrogens with zero attached hydrogens (tertiary/aromatic N) is 2. The van der Waals surface area contributed by atoms with Crippen LogP contribution in [-0.4, -0.2) is 16.0 Å². The first-order valence-electron chi connectivity index (χ1n) is 7.09. The summed E-state index contributed by atoms with van der Waals surface area (Å²) >= 11 is 12.1. The van der Waals surface area contributed by atoms with Crippen LogP contribution in [0.4, 0.5) is 11.8 Å². The Hall–Kier alpha value is -1.56. The van der Waals surface area contributed by atoms with Gasteiger partial charge in [-0.3, -0.25) is 0 Å². The fourth-order valence-electron chi connectivity index (χ4n) is 2.55. The molecule has 0 radical (unpaired) electrons.